The average molecular weight is 1390 g/mol. The second-order valence-electron chi connectivity index (χ2n) is 25.5. The van der Waals surface area contributed by atoms with Crippen LogP contribution >= 0.6 is 0 Å². The lowest BCUT2D eigenvalue weighted by Crippen LogP contribution is -2.48. The Morgan fingerprint density at radius 1 is 0.571 bits per heavy atom. The number of aliphatic hydroxyl groups excluding tert-OH is 1. The molecule has 0 radical (unpaired) electrons. The van der Waals surface area contributed by atoms with E-state index in [4.69, 9.17) is 24.1 Å². The van der Waals surface area contributed by atoms with E-state index >= 15 is 0 Å². The van der Waals surface area contributed by atoms with Gasteiger partial charge >= 0.3 is 32.4 Å². The van der Waals surface area contributed by atoms with E-state index in [1.54, 1.807) is 44.6 Å². The van der Waals surface area contributed by atoms with Crippen LogP contribution in [0.2, 0.25) is 0 Å². The van der Waals surface area contributed by atoms with Gasteiger partial charge < -0.3 is 54.4 Å². The summed E-state index contributed by atoms with van der Waals surface area (Å²) in [6.07, 6.45) is 17.7. The molecule has 10 N–H and O–H groups in total. The fraction of sp³-hybridized carbons (Fsp3) is 0.493. The number of carbonyl (C=O) groups excluding carboxylic acids is 3. The molecule has 7 aliphatic rings. The van der Waals surface area contributed by atoms with Gasteiger partial charge in [0.1, 0.15) is 11.5 Å². The average Bonchev–Trinajstić information content (AvgIpc) is 1.58. The number of aromatic nitrogens is 2. The SMILES string of the molecule is CC1CCCO1.CO.COC(=O)C1=Cc2cc(OC)ccc2-c2c(C3CCCCC3)c3ccc(C(=O)NS(=O)(=O)NCCN4CCNCC4)cc3n2C1.COc1ccc2c(c1)C=C(C(=O)O)Cn1c-2c(C2CCCCC2)c2ccc(C(=O)NS(=O)(=O)NCCN3CCNCC3)cc21.O. The normalized spacial score (nSPS) is 18.2. The highest BCUT2D eigenvalue weighted by atomic mass is 32.2. The predicted octanol–water partition coefficient (Wildman–Crippen LogP) is 6.69. The van der Waals surface area contributed by atoms with Gasteiger partial charge in [-0.1, -0.05) is 50.7 Å². The molecule has 98 heavy (non-hydrogen) atoms. The number of aliphatic carboxylic acids is 1. The van der Waals surface area contributed by atoms with E-state index in [1.165, 1.54) is 38.4 Å². The highest BCUT2D eigenvalue weighted by Crippen LogP contribution is 2.49. The first kappa shape index (κ1) is 74.7. The summed E-state index contributed by atoms with van der Waals surface area (Å²) < 4.78 is 85.8. The van der Waals surface area contributed by atoms with E-state index in [2.05, 4.69) is 50.8 Å². The number of methoxy groups -OCH3 is 3. The number of carboxylic acid groups (broad SMARTS) is 1. The van der Waals surface area contributed by atoms with Crippen LogP contribution in [0.15, 0.2) is 83.9 Å². The predicted molar refractivity (Wildman–Crippen MR) is 379 cm³/mol. The third kappa shape index (κ3) is 18.1. The van der Waals surface area contributed by atoms with Gasteiger partial charge in [0.25, 0.3) is 11.8 Å². The van der Waals surface area contributed by atoms with Crippen molar-refractivity contribution >= 4 is 78.1 Å². The number of aliphatic hydroxyl groups is 1. The summed E-state index contributed by atoms with van der Waals surface area (Å²) in [6.45, 7) is 11.8. The summed E-state index contributed by atoms with van der Waals surface area (Å²) in [6, 6.07) is 22.1. The summed E-state index contributed by atoms with van der Waals surface area (Å²) in [5.41, 5.74) is 10.3. The quantitative estimate of drug-likeness (QED) is 0.0416. The van der Waals surface area contributed by atoms with Crippen molar-refractivity contribution in [1.29, 1.82) is 0 Å². The van der Waals surface area contributed by atoms with Crippen molar-refractivity contribution in [3.8, 4) is 34.0 Å². The maximum atomic E-state index is 13.3. The van der Waals surface area contributed by atoms with E-state index in [0.29, 0.717) is 47.7 Å². The minimum Gasteiger partial charge on any atom is -0.497 e. The molecule has 5 fully saturated rings. The van der Waals surface area contributed by atoms with Crippen LogP contribution in [0, 0.1) is 0 Å². The van der Waals surface area contributed by atoms with Crippen LogP contribution in [0.25, 0.3) is 56.5 Å². The summed E-state index contributed by atoms with van der Waals surface area (Å²) in [5.74, 6) is -1.03. The zero-order chi connectivity index (χ0) is 68.8. The van der Waals surface area contributed by atoms with E-state index in [1.807, 2.05) is 59.2 Å². The van der Waals surface area contributed by atoms with Gasteiger partial charge in [-0.2, -0.15) is 26.3 Å². The van der Waals surface area contributed by atoms with Crippen LogP contribution in [0.1, 0.15) is 139 Å². The Kier molecular flexibility index (Phi) is 26.3. The molecule has 1 unspecified atom stereocenters. The minimum absolute atomic E-state index is 0. The van der Waals surface area contributed by atoms with Crippen molar-refractivity contribution in [2.45, 2.75) is 115 Å². The Balaban J connectivity index is 0.000000204. The molecule has 5 aliphatic heterocycles. The number of rotatable bonds is 18. The van der Waals surface area contributed by atoms with Gasteiger partial charge in [0, 0.05) is 136 Å². The molecule has 25 nitrogen and oxygen atoms in total. The fourth-order valence-corrected chi connectivity index (χ4v) is 16.1. The zero-order valence-corrected chi connectivity index (χ0v) is 58.4. The molecule has 0 bridgehead atoms. The Morgan fingerprint density at radius 2 is 1.00 bits per heavy atom. The molecule has 2 saturated carbocycles. The van der Waals surface area contributed by atoms with Gasteiger partial charge in [0.2, 0.25) is 0 Å². The topological polar surface area (TPSA) is 334 Å². The van der Waals surface area contributed by atoms with Crippen molar-refractivity contribution in [3.63, 3.8) is 0 Å². The third-order valence-corrected chi connectivity index (χ3v) is 21.4. The van der Waals surface area contributed by atoms with Crippen LogP contribution in [-0.2, 0) is 52.6 Å². The van der Waals surface area contributed by atoms with Crippen molar-refractivity contribution < 1.29 is 70.7 Å². The lowest BCUT2D eigenvalue weighted by molar-refractivity contribution is -0.136. The number of carboxylic acids is 1. The lowest BCUT2D eigenvalue weighted by atomic mass is 9.81. The number of esters is 1. The molecule has 1 atom stereocenters. The van der Waals surface area contributed by atoms with Gasteiger partial charge in [-0.15, -0.1) is 0 Å². The number of benzene rings is 4. The molecule has 4 aromatic carbocycles. The molecule has 6 aromatic rings. The van der Waals surface area contributed by atoms with Gasteiger partial charge in [0.15, 0.2) is 0 Å². The number of amides is 2. The molecule has 2 amide bonds. The van der Waals surface area contributed by atoms with Crippen LogP contribution in [0.4, 0.5) is 0 Å². The summed E-state index contributed by atoms with van der Waals surface area (Å²) in [7, 11) is -2.59. The van der Waals surface area contributed by atoms with Gasteiger partial charge in [0.05, 0.1) is 63.1 Å². The summed E-state index contributed by atoms with van der Waals surface area (Å²) in [4.78, 5) is 56.3. The number of hydrogen-bond acceptors (Lipinski definition) is 17. The fourth-order valence-electron chi connectivity index (χ4n) is 14.5. The molecule has 2 aromatic heterocycles. The minimum atomic E-state index is -4.08. The summed E-state index contributed by atoms with van der Waals surface area (Å²) >= 11 is 0. The first-order chi connectivity index (χ1) is 46.9. The number of nitrogens with zero attached hydrogens (tertiary/aromatic N) is 4. The second kappa shape index (κ2) is 34.5. The van der Waals surface area contributed by atoms with Crippen LogP contribution < -0.4 is 39.0 Å². The standard InChI is InChI=1S/C33H41N5O6S.C32H39N5O6S.C5H10O.CH4O.H2O/c1-43-26-9-11-27-24(19-26)18-25(33(40)44-2)21-38-29-20-23(8-10-28(29)30(31(27)38)22-6-4-3-5-7-22)32(39)36-45(41,42)35-14-17-37-15-12-34-13-16-37;1-43-25-8-10-26-23(18-25)17-24(32(39)40)20-37-28-19-22(7-9-27(28)29(30(26)37)21-5-3-2-4-6-21)31(38)35-44(41,42)34-13-16-36-14-11-33-12-15-36;1-5-3-2-4-6-5;1-2;/h8-11,18-20,22,34-35H,3-7,12-17,21H2,1-2H3,(H,36,39);7-10,17-19,21,33-34H,2-6,11-16,20H2,1H3,(H,35,38)(H,39,40);5H,2-4H2,1H3;2H,1H3;1H2. The molecule has 532 valence electrons. The maximum absolute atomic E-state index is 13.3. The first-order valence-corrected chi connectivity index (χ1v) is 36.9. The maximum Gasteiger partial charge on any atom is 0.335 e. The van der Waals surface area contributed by atoms with Gasteiger partial charge in [-0.3, -0.25) is 19.4 Å². The Labute approximate surface area is 574 Å². The molecule has 3 saturated heterocycles. The number of ether oxygens (including phenoxy) is 4. The van der Waals surface area contributed by atoms with E-state index in [0.717, 1.165) is 173 Å². The Morgan fingerprint density at radius 3 is 1.38 bits per heavy atom. The van der Waals surface area contributed by atoms with Crippen molar-refractivity contribution in [2.75, 3.05) is 114 Å². The van der Waals surface area contributed by atoms with Gasteiger partial charge in [-0.25, -0.2) is 19.0 Å². The third-order valence-electron chi connectivity index (χ3n) is 19.3. The zero-order valence-electron chi connectivity index (χ0n) is 56.8. The monoisotopic (exact) mass is 1390 g/mol. The molecule has 0 spiro atoms. The molecule has 7 heterocycles. The molecular weight excluding hydrogens is 1300 g/mol. The van der Waals surface area contributed by atoms with E-state index in [-0.39, 0.29) is 54.3 Å². The number of carbonyl (C=O) groups is 4. The van der Waals surface area contributed by atoms with Crippen molar-refractivity contribution in [1.82, 2.24) is 48.5 Å². The Hall–Kier alpha value is -7.54. The Bertz CT molecular complexity index is 4100. The second-order valence-corrected chi connectivity index (χ2v) is 28.5. The number of nitrogens with one attached hydrogen (secondary N) is 6. The van der Waals surface area contributed by atoms with E-state index in [9.17, 15) is 41.1 Å². The van der Waals surface area contributed by atoms with Gasteiger partial charge in [-0.05, 0) is 152 Å². The first-order valence-electron chi connectivity index (χ1n) is 33.9. The largest absolute Gasteiger partial charge is 0.497 e. The molecule has 27 heteroatoms. The number of hydrogen-bond donors (Lipinski definition) is 8. The van der Waals surface area contributed by atoms with Crippen molar-refractivity contribution in [3.05, 3.63) is 117 Å². The van der Waals surface area contributed by atoms with E-state index < -0.39 is 44.2 Å². The highest BCUT2D eigenvalue weighted by Gasteiger charge is 2.34. The summed E-state index contributed by atoms with van der Waals surface area (Å²) in [5, 5.41) is 25.6. The van der Waals surface area contributed by atoms with Crippen LogP contribution in [0.5, 0.6) is 11.5 Å². The lowest BCUT2D eigenvalue weighted by Gasteiger charge is -2.27. The molecule has 13 rings (SSSR count). The van der Waals surface area contributed by atoms with Crippen LogP contribution in [0.3, 0.4) is 0 Å². The van der Waals surface area contributed by atoms with Crippen LogP contribution in [-0.4, -0.2) is 195 Å². The molecule has 2 aliphatic carbocycles. The number of piperazine rings is 2. The van der Waals surface area contributed by atoms with Crippen molar-refractivity contribution in [2.24, 2.45) is 0 Å². The smallest absolute Gasteiger partial charge is 0.335 e. The highest BCUT2D eigenvalue weighted by molar-refractivity contribution is 7.88. The molecular formula is C71H96N10O15S2. The number of fused-ring (bicyclic) bond motifs is 10.